The molecular weight excluding hydrogens is 278 g/mol. The van der Waals surface area contributed by atoms with E-state index in [1.165, 1.54) is 64.3 Å². The summed E-state index contributed by atoms with van der Waals surface area (Å²) >= 11 is 0. The lowest BCUT2D eigenvalue weighted by Gasteiger charge is -2.51. The Bertz CT molecular complexity index is 251. The van der Waals surface area contributed by atoms with E-state index in [1.807, 2.05) is 13.8 Å². The Hall–Kier alpha value is -0.0400. The van der Waals surface area contributed by atoms with E-state index in [2.05, 4.69) is 46.7 Å². The van der Waals surface area contributed by atoms with E-state index >= 15 is 0 Å². The van der Waals surface area contributed by atoms with Gasteiger partial charge in [-0.15, -0.1) is 0 Å². The number of hydrogen-bond acceptors (Lipinski definition) is 1. The zero-order valence-corrected chi connectivity index (χ0v) is 17.8. The van der Waals surface area contributed by atoms with E-state index in [1.54, 1.807) is 0 Å². The molecule has 1 heteroatoms. The second-order valence-corrected chi connectivity index (χ2v) is 8.47. The van der Waals surface area contributed by atoms with Gasteiger partial charge in [0.15, 0.2) is 0 Å². The Morgan fingerprint density at radius 3 is 1.78 bits per heavy atom. The quantitative estimate of drug-likeness (QED) is 0.525. The minimum atomic E-state index is 0.827. The third-order valence-corrected chi connectivity index (χ3v) is 6.11. The first-order chi connectivity index (χ1) is 10.9. The molecule has 0 bridgehead atoms. The highest BCUT2D eigenvalue weighted by Gasteiger charge is 2.43. The third-order valence-electron chi connectivity index (χ3n) is 6.11. The van der Waals surface area contributed by atoms with Crippen molar-refractivity contribution in [2.75, 3.05) is 20.6 Å². The summed E-state index contributed by atoms with van der Waals surface area (Å²) in [5.41, 5.74) is 0.827. The largest absolute Gasteiger partial charge is 0.309 e. The van der Waals surface area contributed by atoms with Crippen molar-refractivity contribution < 1.29 is 0 Å². The van der Waals surface area contributed by atoms with Crippen LogP contribution in [0.4, 0.5) is 0 Å². The summed E-state index contributed by atoms with van der Waals surface area (Å²) < 4.78 is 0. The SMILES string of the molecule is CC.CC1CC2(CCC(CCN(C)C)CC2)C1.CCC(C)CC. The first kappa shape index (κ1) is 23.0. The van der Waals surface area contributed by atoms with Gasteiger partial charge in [0.1, 0.15) is 0 Å². The van der Waals surface area contributed by atoms with Crippen molar-refractivity contribution in [2.45, 2.75) is 99.3 Å². The maximum absolute atomic E-state index is 2.42. The molecule has 2 aliphatic carbocycles. The van der Waals surface area contributed by atoms with Gasteiger partial charge in [-0.05, 0) is 88.8 Å². The molecule has 140 valence electrons. The van der Waals surface area contributed by atoms with Crippen molar-refractivity contribution in [3.8, 4) is 0 Å². The summed E-state index contributed by atoms with van der Waals surface area (Å²) in [5.74, 6) is 3.00. The summed E-state index contributed by atoms with van der Waals surface area (Å²) in [6.07, 6.45) is 13.3. The first-order valence-corrected chi connectivity index (χ1v) is 10.6. The van der Waals surface area contributed by atoms with Gasteiger partial charge < -0.3 is 4.90 Å². The molecule has 0 aromatic rings. The topological polar surface area (TPSA) is 3.24 Å². The molecule has 2 aliphatic rings. The van der Waals surface area contributed by atoms with Gasteiger partial charge in [0.05, 0.1) is 0 Å². The molecule has 23 heavy (non-hydrogen) atoms. The van der Waals surface area contributed by atoms with Crippen LogP contribution in [0.25, 0.3) is 0 Å². The van der Waals surface area contributed by atoms with Crippen LogP contribution in [-0.2, 0) is 0 Å². The van der Waals surface area contributed by atoms with Crippen molar-refractivity contribution >= 4 is 0 Å². The Kier molecular flexibility index (Phi) is 12.3. The van der Waals surface area contributed by atoms with Gasteiger partial charge in [0.25, 0.3) is 0 Å². The summed E-state index contributed by atoms with van der Waals surface area (Å²) in [4.78, 5) is 2.33. The van der Waals surface area contributed by atoms with E-state index in [0.717, 1.165) is 23.2 Å². The van der Waals surface area contributed by atoms with Crippen LogP contribution in [0.2, 0.25) is 0 Å². The maximum Gasteiger partial charge on any atom is -0.00222 e. The summed E-state index contributed by atoms with van der Waals surface area (Å²) in [6.45, 7) is 14.4. The molecule has 1 spiro atoms. The molecule has 0 N–H and O–H groups in total. The monoisotopic (exact) mass is 325 g/mol. The second kappa shape index (κ2) is 12.3. The van der Waals surface area contributed by atoms with Gasteiger partial charge in [-0.1, -0.05) is 54.4 Å². The number of nitrogens with zero attached hydrogens (tertiary/aromatic N) is 1. The van der Waals surface area contributed by atoms with Crippen LogP contribution in [0.15, 0.2) is 0 Å². The Morgan fingerprint density at radius 2 is 1.48 bits per heavy atom. The van der Waals surface area contributed by atoms with Crippen LogP contribution >= 0.6 is 0 Å². The van der Waals surface area contributed by atoms with Gasteiger partial charge in [-0.3, -0.25) is 0 Å². The Balaban J connectivity index is 0.000000515. The third kappa shape index (κ3) is 9.13. The fourth-order valence-electron chi connectivity index (χ4n) is 4.13. The van der Waals surface area contributed by atoms with Crippen LogP contribution < -0.4 is 0 Å². The first-order valence-electron chi connectivity index (χ1n) is 10.6. The molecule has 1 nitrogen and oxygen atoms in total. The van der Waals surface area contributed by atoms with Gasteiger partial charge in [-0.25, -0.2) is 0 Å². The zero-order chi connectivity index (χ0) is 17.9. The molecule has 0 aliphatic heterocycles. The molecule has 0 amide bonds. The highest BCUT2D eigenvalue weighted by molar-refractivity contribution is 4.95. The van der Waals surface area contributed by atoms with Gasteiger partial charge in [-0.2, -0.15) is 0 Å². The lowest BCUT2D eigenvalue weighted by atomic mass is 9.55. The molecule has 0 atom stereocenters. The predicted molar refractivity (Wildman–Crippen MR) is 107 cm³/mol. The fourth-order valence-corrected chi connectivity index (χ4v) is 4.13. The molecule has 2 rings (SSSR count). The van der Waals surface area contributed by atoms with E-state index in [-0.39, 0.29) is 0 Å². The van der Waals surface area contributed by atoms with Crippen molar-refractivity contribution in [3.05, 3.63) is 0 Å². The summed E-state index contributed by atoms with van der Waals surface area (Å²) in [6, 6.07) is 0. The molecule has 2 saturated carbocycles. The summed E-state index contributed by atoms with van der Waals surface area (Å²) in [7, 11) is 4.38. The highest BCUT2D eigenvalue weighted by Crippen LogP contribution is 2.55. The van der Waals surface area contributed by atoms with E-state index in [9.17, 15) is 0 Å². The molecule has 2 fully saturated rings. The van der Waals surface area contributed by atoms with Crippen LogP contribution in [0.3, 0.4) is 0 Å². The van der Waals surface area contributed by atoms with Crippen molar-refractivity contribution in [1.82, 2.24) is 4.90 Å². The molecule has 0 aromatic heterocycles. The van der Waals surface area contributed by atoms with Crippen molar-refractivity contribution in [3.63, 3.8) is 0 Å². The molecule has 0 saturated heterocycles. The molecule has 0 unspecified atom stereocenters. The normalized spacial score (nSPS) is 29.5. The van der Waals surface area contributed by atoms with Crippen molar-refractivity contribution in [1.29, 1.82) is 0 Å². The average molecular weight is 326 g/mol. The van der Waals surface area contributed by atoms with Crippen LogP contribution in [0.1, 0.15) is 99.3 Å². The summed E-state index contributed by atoms with van der Waals surface area (Å²) in [5, 5.41) is 0. The number of rotatable bonds is 5. The number of hydrogen-bond donors (Lipinski definition) is 0. The fraction of sp³-hybridized carbons (Fsp3) is 1.00. The van der Waals surface area contributed by atoms with Gasteiger partial charge >= 0.3 is 0 Å². The Labute approximate surface area is 148 Å². The average Bonchev–Trinajstić information content (AvgIpc) is 2.54. The highest BCUT2D eigenvalue weighted by atomic mass is 15.0. The van der Waals surface area contributed by atoms with E-state index in [0.29, 0.717) is 0 Å². The minimum absolute atomic E-state index is 0.827. The standard InChI is InChI=1S/C14H27N.C6H14.C2H6/c1-12-10-14(11-12)7-4-13(5-8-14)6-9-15(2)3;1-4-6(3)5-2;1-2/h12-13H,4-11H2,1-3H3;6H,4-5H2,1-3H3;1-2H3. The maximum atomic E-state index is 2.42. The zero-order valence-electron chi connectivity index (χ0n) is 17.8. The molecular formula is C22H47N. The molecule has 0 radical (unpaired) electrons. The lowest BCUT2D eigenvalue weighted by Crippen LogP contribution is -2.39. The lowest BCUT2D eigenvalue weighted by molar-refractivity contribution is 0.00663. The van der Waals surface area contributed by atoms with Crippen LogP contribution in [0.5, 0.6) is 0 Å². The van der Waals surface area contributed by atoms with Crippen LogP contribution in [0, 0.1) is 23.2 Å². The van der Waals surface area contributed by atoms with Gasteiger partial charge in [0.2, 0.25) is 0 Å². The minimum Gasteiger partial charge on any atom is -0.309 e. The van der Waals surface area contributed by atoms with Gasteiger partial charge in [0, 0.05) is 0 Å². The molecule has 0 heterocycles. The smallest absolute Gasteiger partial charge is 0.00222 e. The van der Waals surface area contributed by atoms with E-state index < -0.39 is 0 Å². The van der Waals surface area contributed by atoms with Crippen molar-refractivity contribution in [2.24, 2.45) is 23.2 Å². The predicted octanol–water partition coefficient (Wildman–Crippen LogP) is 7.01. The Morgan fingerprint density at radius 1 is 1.00 bits per heavy atom. The van der Waals surface area contributed by atoms with Crippen LogP contribution in [-0.4, -0.2) is 25.5 Å². The second-order valence-electron chi connectivity index (χ2n) is 8.47. The molecule has 0 aromatic carbocycles. The van der Waals surface area contributed by atoms with E-state index in [4.69, 9.17) is 0 Å².